The smallest absolute Gasteiger partial charge is 0.332 e. The number of benzene rings is 1. The van der Waals surface area contributed by atoms with E-state index in [0.717, 1.165) is 5.56 Å². The van der Waals surface area contributed by atoms with Crippen molar-refractivity contribution in [3.8, 4) is 0 Å². The Morgan fingerprint density at radius 2 is 2.27 bits per heavy atom. The molecule has 3 nitrogen and oxygen atoms in total. The van der Waals surface area contributed by atoms with Gasteiger partial charge in [0.1, 0.15) is 6.61 Å². The molecule has 0 aromatic heterocycles. The molecule has 0 aliphatic rings. The topological polar surface area (TPSA) is 35.5 Å². The van der Waals surface area contributed by atoms with Gasteiger partial charge in [0.2, 0.25) is 0 Å². The summed E-state index contributed by atoms with van der Waals surface area (Å²) in [6.45, 7) is 2.47. The Morgan fingerprint density at radius 3 is 2.93 bits per heavy atom. The van der Waals surface area contributed by atoms with Crippen molar-refractivity contribution in [3.63, 3.8) is 0 Å². The second-order valence-electron chi connectivity index (χ2n) is 2.93. The lowest BCUT2D eigenvalue weighted by Gasteiger charge is -2.04. The van der Waals surface area contributed by atoms with Gasteiger partial charge >= 0.3 is 5.97 Å². The Balaban J connectivity index is 2.28. The first-order valence-electron chi connectivity index (χ1n) is 4.70. The molecule has 0 unspecified atom stereocenters. The van der Waals surface area contributed by atoms with Gasteiger partial charge < -0.3 is 9.47 Å². The normalized spacial score (nSPS) is 10.0. The van der Waals surface area contributed by atoms with E-state index >= 15 is 0 Å². The first-order chi connectivity index (χ1) is 7.22. The van der Waals surface area contributed by atoms with Crippen molar-refractivity contribution in [3.05, 3.63) is 34.9 Å². The SMILES string of the molecule is CCOC(=O)COCc1cccc(Cl)c1. The zero-order valence-corrected chi connectivity index (χ0v) is 9.29. The molecule has 0 N–H and O–H groups in total. The highest BCUT2D eigenvalue weighted by molar-refractivity contribution is 6.30. The fraction of sp³-hybridized carbons (Fsp3) is 0.364. The number of carbonyl (C=O) groups excluding carboxylic acids is 1. The molecule has 0 bridgehead atoms. The minimum atomic E-state index is -0.348. The van der Waals surface area contributed by atoms with Crippen LogP contribution in [0.2, 0.25) is 5.02 Å². The number of rotatable bonds is 5. The minimum Gasteiger partial charge on any atom is -0.464 e. The van der Waals surface area contributed by atoms with Gasteiger partial charge in [-0.25, -0.2) is 4.79 Å². The summed E-state index contributed by atoms with van der Waals surface area (Å²) in [5, 5.41) is 0.659. The van der Waals surface area contributed by atoms with Crippen molar-refractivity contribution in [2.45, 2.75) is 13.5 Å². The van der Waals surface area contributed by atoms with Crippen LogP contribution in [0.1, 0.15) is 12.5 Å². The monoisotopic (exact) mass is 228 g/mol. The summed E-state index contributed by atoms with van der Waals surface area (Å²) >= 11 is 5.79. The summed E-state index contributed by atoms with van der Waals surface area (Å²) in [5.74, 6) is -0.348. The van der Waals surface area contributed by atoms with Crippen LogP contribution in [0.25, 0.3) is 0 Å². The van der Waals surface area contributed by atoms with E-state index in [1.807, 2.05) is 12.1 Å². The van der Waals surface area contributed by atoms with E-state index in [1.54, 1.807) is 19.1 Å². The van der Waals surface area contributed by atoms with Crippen LogP contribution in [0.3, 0.4) is 0 Å². The summed E-state index contributed by atoms with van der Waals surface area (Å²) in [4.78, 5) is 10.9. The van der Waals surface area contributed by atoms with Crippen LogP contribution in [0.5, 0.6) is 0 Å². The maximum absolute atomic E-state index is 10.9. The molecule has 0 saturated carbocycles. The number of hydrogen-bond donors (Lipinski definition) is 0. The standard InChI is InChI=1S/C11H13ClO3/c1-2-15-11(13)8-14-7-9-4-3-5-10(12)6-9/h3-6H,2,7-8H2,1H3. The molecule has 4 heteroatoms. The second kappa shape index (κ2) is 6.43. The third-order valence-electron chi connectivity index (χ3n) is 1.68. The van der Waals surface area contributed by atoms with Crippen LogP contribution in [0.15, 0.2) is 24.3 Å². The van der Waals surface area contributed by atoms with Gasteiger partial charge in [-0.2, -0.15) is 0 Å². The molecule has 0 spiro atoms. The fourth-order valence-electron chi connectivity index (χ4n) is 1.08. The lowest BCUT2D eigenvalue weighted by molar-refractivity contribution is -0.148. The summed E-state index contributed by atoms with van der Waals surface area (Å²) in [6, 6.07) is 7.31. The predicted molar refractivity (Wildman–Crippen MR) is 57.7 cm³/mol. The Kier molecular flexibility index (Phi) is 5.15. The molecule has 0 radical (unpaired) electrons. The number of ether oxygens (including phenoxy) is 2. The van der Waals surface area contributed by atoms with E-state index in [2.05, 4.69) is 0 Å². The number of hydrogen-bond acceptors (Lipinski definition) is 3. The molecule has 0 aliphatic carbocycles. The molecule has 1 aromatic rings. The minimum absolute atomic E-state index is 0.0274. The fourth-order valence-corrected chi connectivity index (χ4v) is 1.29. The highest BCUT2D eigenvalue weighted by atomic mass is 35.5. The third kappa shape index (κ3) is 4.81. The van der Waals surface area contributed by atoms with Gasteiger partial charge in [0.05, 0.1) is 13.2 Å². The van der Waals surface area contributed by atoms with Crippen molar-refractivity contribution in [1.82, 2.24) is 0 Å². The molecule has 82 valence electrons. The Hall–Kier alpha value is -1.06. The van der Waals surface area contributed by atoms with Crippen LogP contribution in [0.4, 0.5) is 0 Å². The molecule has 0 fully saturated rings. The first kappa shape index (κ1) is 12.0. The molecule has 0 amide bonds. The van der Waals surface area contributed by atoms with Crippen LogP contribution < -0.4 is 0 Å². The number of esters is 1. The molecular formula is C11H13ClO3. The van der Waals surface area contributed by atoms with Crippen molar-refractivity contribution in [2.24, 2.45) is 0 Å². The maximum atomic E-state index is 10.9. The second-order valence-corrected chi connectivity index (χ2v) is 3.36. The van der Waals surface area contributed by atoms with E-state index in [1.165, 1.54) is 0 Å². The summed E-state index contributed by atoms with van der Waals surface area (Å²) in [7, 11) is 0. The van der Waals surface area contributed by atoms with E-state index in [4.69, 9.17) is 21.1 Å². The maximum Gasteiger partial charge on any atom is 0.332 e. The van der Waals surface area contributed by atoms with E-state index in [0.29, 0.717) is 18.2 Å². The zero-order valence-electron chi connectivity index (χ0n) is 8.53. The molecule has 1 aromatic carbocycles. The Labute approximate surface area is 93.9 Å². The van der Waals surface area contributed by atoms with E-state index in [9.17, 15) is 4.79 Å². The van der Waals surface area contributed by atoms with Crippen LogP contribution in [-0.4, -0.2) is 19.2 Å². The van der Waals surface area contributed by atoms with Gasteiger partial charge in [-0.15, -0.1) is 0 Å². The third-order valence-corrected chi connectivity index (χ3v) is 1.92. The van der Waals surface area contributed by atoms with Gasteiger partial charge in [-0.1, -0.05) is 23.7 Å². The number of halogens is 1. The molecular weight excluding hydrogens is 216 g/mol. The van der Waals surface area contributed by atoms with Gasteiger partial charge in [-0.3, -0.25) is 0 Å². The van der Waals surface area contributed by atoms with Crippen molar-refractivity contribution in [2.75, 3.05) is 13.2 Å². The Bertz CT molecular complexity index is 325. The predicted octanol–water partition coefficient (Wildman–Crippen LogP) is 2.42. The van der Waals surface area contributed by atoms with E-state index in [-0.39, 0.29) is 12.6 Å². The zero-order chi connectivity index (χ0) is 11.1. The quantitative estimate of drug-likeness (QED) is 0.726. The highest BCUT2D eigenvalue weighted by Gasteiger charge is 2.01. The molecule has 0 atom stereocenters. The summed E-state index contributed by atoms with van der Waals surface area (Å²) < 4.78 is 9.87. The highest BCUT2D eigenvalue weighted by Crippen LogP contribution is 2.11. The molecule has 15 heavy (non-hydrogen) atoms. The van der Waals surface area contributed by atoms with Gasteiger partial charge in [0.15, 0.2) is 0 Å². The molecule has 0 heterocycles. The summed E-state index contributed by atoms with van der Waals surface area (Å²) in [5.41, 5.74) is 0.937. The average Bonchev–Trinajstić information content (AvgIpc) is 2.18. The lowest BCUT2D eigenvalue weighted by Crippen LogP contribution is -2.12. The van der Waals surface area contributed by atoms with Crippen LogP contribution >= 0.6 is 11.6 Å². The van der Waals surface area contributed by atoms with Gasteiger partial charge in [0.25, 0.3) is 0 Å². The molecule has 0 saturated heterocycles. The van der Waals surface area contributed by atoms with E-state index < -0.39 is 0 Å². The largest absolute Gasteiger partial charge is 0.464 e. The molecule has 0 aliphatic heterocycles. The van der Waals surface area contributed by atoms with Crippen molar-refractivity contribution < 1.29 is 14.3 Å². The van der Waals surface area contributed by atoms with Crippen LogP contribution in [-0.2, 0) is 20.9 Å². The Morgan fingerprint density at radius 1 is 1.47 bits per heavy atom. The average molecular weight is 229 g/mol. The number of carbonyl (C=O) groups is 1. The lowest BCUT2D eigenvalue weighted by atomic mass is 10.2. The first-order valence-corrected chi connectivity index (χ1v) is 5.08. The van der Waals surface area contributed by atoms with Gasteiger partial charge in [0, 0.05) is 5.02 Å². The molecule has 1 rings (SSSR count). The van der Waals surface area contributed by atoms with Crippen molar-refractivity contribution in [1.29, 1.82) is 0 Å². The summed E-state index contributed by atoms with van der Waals surface area (Å²) in [6.07, 6.45) is 0. The van der Waals surface area contributed by atoms with Crippen molar-refractivity contribution >= 4 is 17.6 Å². The van der Waals surface area contributed by atoms with Crippen LogP contribution in [0, 0.1) is 0 Å². The van der Waals surface area contributed by atoms with Gasteiger partial charge in [-0.05, 0) is 24.6 Å².